The number of hydrogen-bond donors (Lipinski definition) is 1. The van der Waals surface area contributed by atoms with Crippen LogP contribution >= 0.6 is 11.6 Å². The molecule has 3 aromatic rings. The van der Waals surface area contributed by atoms with E-state index in [9.17, 15) is 0 Å². The van der Waals surface area contributed by atoms with E-state index in [-0.39, 0.29) is 5.95 Å². The van der Waals surface area contributed by atoms with Crippen molar-refractivity contribution in [2.75, 3.05) is 5.73 Å². The molecule has 20 heavy (non-hydrogen) atoms. The van der Waals surface area contributed by atoms with Crippen molar-refractivity contribution in [3.63, 3.8) is 0 Å². The van der Waals surface area contributed by atoms with Crippen molar-refractivity contribution < 1.29 is 0 Å². The maximum atomic E-state index is 6.29. The van der Waals surface area contributed by atoms with E-state index in [1.54, 1.807) is 0 Å². The Morgan fingerprint density at radius 1 is 0.750 bits per heavy atom. The van der Waals surface area contributed by atoms with Gasteiger partial charge in [0.2, 0.25) is 5.95 Å². The van der Waals surface area contributed by atoms with Crippen molar-refractivity contribution in [3.8, 4) is 22.4 Å². The SMILES string of the molecule is Nc1nc(Cl)c(-c2ccccc2)c(-c2ccccc2)n1. The molecule has 0 unspecified atom stereocenters. The minimum Gasteiger partial charge on any atom is -0.368 e. The smallest absolute Gasteiger partial charge is 0.222 e. The van der Waals surface area contributed by atoms with E-state index in [4.69, 9.17) is 17.3 Å². The molecule has 0 aliphatic rings. The molecule has 0 fully saturated rings. The zero-order chi connectivity index (χ0) is 13.9. The van der Waals surface area contributed by atoms with Crippen molar-refractivity contribution in [1.82, 2.24) is 9.97 Å². The van der Waals surface area contributed by atoms with Crippen molar-refractivity contribution >= 4 is 17.5 Å². The number of hydrogen-bond acceptors (Lipinski definition) is 3. The van der Waals surface area contributed by atoms with E-state index >= 15 is 0 Å². The fourth-order valence-electron chi connectivity index (χ4n) is 2.12. The van der Waals surface area contributed by atoms with Gasteiger partial charge in [-0.05, 0) is 5.56 Å². The van der Waals surface area contributed by atoms with Crippen molar-refractivity contribution in [2.24, 2.45) is 0 Å². The molecule has 0 spiro atoms. The van der Waals surface area contributed by atoms with Crippen LogP contribution in [0.1, 0.15) is 0 Å². The Hall–Kier alpha value is -2.39. The zero-order valence-electron chi connectivity index (χ0n) is 10.6. The largest absolute Gasteiger partial charge is 0.368 e. The second kappa shape index (κ2) is 5.31. The van der Waals surface area contributed by atoms with E-state index in [1.165, 1.54) is 0 Å². The van der Waals surface area contributed by atoms with Gasteiger partial charge in [-0.25, -0.2) is 9.97 Å². The average molecular weight is 282 g/mol. The first kappa shape index (κ1) is 12.6. The van der Waals surface area contributed by atoms with Crippen LogP contribution in [0.5, 0.6) is 0 Å². The molecule has 2 N–H and O–H groups in total. The first-order valence-corrected chi connectivity index (χ1v) is 6.57. The maximum Gasteiger partial charge on any atom is 0.222 e. The lowest BCUT2D eigenvalue weighted by molar-refractivity contribution is 1.19. The van der Waals surface area contributed by atoms with Gasteiger partial charge in [-0.1, -0.05) is 72.3 Å². The fraction of sp³-hybridized carbons (Fsp3) is 0. The summed E-state index contributed by atoms with van der Waals surface area (Å²) in [6.07, 6.45) is 0. The summed E-state index contributed by atoms with van der Waals surface area (Å²) in [7, 11) is 0. The van der Waals surface area contributed by atoms with Crippen LogP contribution in [-0.4, -0.2) is 9.97 Å². The van der Waals surface area contributed by atoms with Gasteiger partial charge >= 0.3 is 0 Å². The van der Waals surface area contributed by atoms with E-state index in [0.29, 0.717) is 5.15 Å². The van der Waals surface area contributed by atoms with Gasteiger partial charge in [0.15, 0.2) is 0 Å². The van der Waals surface area contributed by atoms with Gasteiger partial charge in [0.1, 0.15) is 5.15 Å². The number of nitrogens with two attached hydrogens (primary N) is 1. The summed E-state index contributed by atoms with van der Waals surface area (Å²) >= 11 is 6.29. The lowest BCUT2D eigenvalue weighted by Crippen LogP contribution is -2.00. The molecule has 1 heterocycles. The summed E-state index contributed by atoms with van der Waals surface area (Å²) in [5.74, 6) is 0.175. The van der Waals surface area contributed by atoms with Gasteiger partial charge in [-0.3, -0.25) is 0 Å². The Morgan fingerprint density at radius 2 is 1.30 bits per heavy atom. The third-order valence-electron chi connectivity index (χ3n) is 2.99. The third kappa shape index (κ3) is 2.36. The molecule has 3 rings (SSSR count). The zero-order valence-corrected chi connectivity index (χ0v) is 11.4. The Labute approximate surface area is 122 Å². The topological polar surface area (TPSA) is 51.8 Å². The van der Waals surface area contributed by atoms with Gasteiger partial charge in [-0.2, -0.15) is 0 Å². The minimum atomic E-state index is 0.175. The van der Waals surface area contributed by atoms with Crippen LogP contribution in [0.2, 0.25) is 5.15 Å². The molecule has 0 amide bonds. The van der Waals surface area contributed by atoms with Gasteiger partial charge < -0.3 is 5.73 Å². The van der Waals surface area contributed by atoms with Gasteiger partial charge in [0.05, 0.1) is 5.69 Å². The lowest BCUT2D eigenvalue weighted by atomic mass is 10.0. The van der Waals surface area contributed by atoms with E-state index in [1.807, 2.05) is 60.7 Å². The molecule has 0 atom stereocenters. The maximum absolute atomic E-state index is 6.29. The molecular weight excluding hydrogens is 270 g/mol. The Kier molecular flexibility index (Phi) is 3.35. The fourth-order valence-corrected chi connectivity index (χ4v) is 2.40. The molecule has 1 aromatic heterocycles. The van der Waals surface area contributed by atoms with Crippen LogP contribution < -0.4 is 5.73 Å². The molecule has 2 aromatic carbocycles. The first-order valence-electron chi connectivity index (χ1n) is 6.19. The predicted octanol–water partition coefficient (Wildman–Crippen LogP) is 4.05. The number of rotatable bonds is 2. The standard InChI is InChI=1S/C16H12ClN3/c17-15-13(11-7-3-1-4-8-11)14(19-16(18)20-15)12-9-5-2-6-10-12/h1-10H,(H2,18,19,20). The summed E-state index contributed by atoms with van der Waals surface area (Å²) in [4.78, 5) is 8.43. The number of anilines is 1. The highest BCUT2D eigenvalue weighted by atomic mass is 35.5. The number of benzene rings is 2. The molecule has 0 radical (unpaired) electrons. The summed E-state index contributed by atoms with van der Waals surface area (Å²) < 4.78 is 0. The van der Waals surface area contributed by atoms with Crippen LogP contribution in [0.15, 0.2) is 60.7 Å². The van der Waals surface area contributed by atoms with Crippen molar-refractivity contribution in [3.05, 3.63) is 65.8 Å². The summed E-state index contributed by atoms with van der Waals surface area (Å²) in [6, 6.07) is 19.6. The monoisotopic (exact) mass is 281 g/mol. The molecule has 3 nitrogen and oxygen atoms in total. The van der Waals surface area contributed by atoms with Crippen molar-refractivity contribution in [1.29, 1.82) is 0 Å². The number of halogens is 1. The van der Waals surface area contributed by atoms with Gasteiger partial charge in [0.25, 0.3) is 0 Å². The molecule has 0 saturated heterocycles. The highest BCUT2D eigenvalue weighted by Gasteiger charge is 2.15. The van der Waals surface area contributed by atoms with E-state index in [2.05, 4.69) is 9.97 Å². The van der Waals surface area contributed by atoms with Crippen molar-refractivity contribution in [2.45, 2.75) is 0 Å². The van der Waals surface area contributed by atoms with Crippen LogP contribution in [0, 0.1) is 0 Å². The highest BCUT2D eigenvalue weighted by molar-refractivity contribution is 6.32. The van der Waals surface area contributed by atoms with Gasteiger partial charge in [0, 0.05) is 11.1 Å². The first-order chi connectivity index (χ1) is 9.75. The number of nitrogens with zero attached hydrogens (tertiary/aromatic N) is 2. The van der Waals surface area contributed by atoms with Crippen LogP contribution in [-0.2, 0) is 0 Å². The summed E-state index contributed by atoms with van der Waals surface area (Å²) in [5.41, 5.74) is 9.21. The Balaban J connectivity index is 2.29. The Morgan fingerprint density at radius 3 is 1.90 bits per heavy atom. The van der Waals surface area contributed by atoms with Crippen LogP contribution in [0.4, 0.5) is 5.95 Å². The van der Waals surface area contributed by atoms with E-state index in [0.717, 1.165) is 22.4 Å². The van der Waals surface area contributed by atoms with Crippen LogP contribution in [0.25, 0.3) is 22.4 Å². The Bertz CT molecular complexity index is 727. The quantitative estimate of drug-likeness (QED) is 0.721. The summed E-state index contributed by atoms with van der Waals surface area (Å²) in [6.45, 7) is 0. The molecular formula is C16H12ClN3. The van der Waals surface area contributed by atoms with Gasteiger partial charge in [-0.15, -0.1) is 0 Å². The molecule has 0 saturated carbocycles. The molecule has 4 heteroatoms. The number of nitrogen functional groups attached to an aromatic ring is 1. The van der Waals surface area contributed by atoms with E-state index < -0.39 is 0 Å². The molecule has 98 valence electrons. The minimum absolute atomic E-state index is 0.175. The predicted molar refractivity (Wildman–Crippen MR) is 82.3 cm³/mol. The number of aromatic nitrogens is 2. The molecule has 0 aliphatic carbocycles. The average Bonchev–Trinajstić information content (AvgIpc) is 2.48. The lowest BCUT2D eigenvalue weighted by Gasteiger charge is -2.11. The summed E-state index contributed by atoms with van der Waals surface area (Å²) in [5, 5.41) is 0.363. The second-order valence-electron chi connectivity index (χ2n) is 4.33. The highest BCUT2D eigenvalue weighted by Crippen LogP contribution is 2.35. The second-order valence-corrected chi connectivity index (χ2v) is 4.69. The molecule has 0 bridgehead atoms. The molecule has 0 aliphatic heterocycles. The normalized spacial score (nSPS) is 10.4. The third-order valence-corrected chi connectivity index (χ3v) is 3.27. The van der Waals surface area contributed by atoms with Crippen LogP contribution in [0.3, 0.4) is 0 Å².